The minimum absolute atomic E-state index is 0.122. The topological polar surface area (TPSA) is 79.1 Å². The van der Waals surface area contributed by atoms with Crippen LogP contribution in [0, 0.1) is 0 Å². The number of imidazole rings is 1. The molecule has 0 bridgehead atoms. The van der Waals surface area contributed by atoms with Crippen molar-refractivity contribution in [1.82, 2.24) is 9.38 Å². The molecule has 0 saturated carbocycles. The van der Waals surface area contributed by atoms with Gasteiger partial charge in [0.15, 0.2) is 23.1 Å². The number of para-hydroxylation sites is 2. The van der Waals surface area contributed by atoms with Crippen LogP contribution in [0.4, 0.5) is 0 Å². The second kappa shape index (κ2) is 7.92. The number of thiazole rings is 1. The summed E-state index contributed by atoms with van der Waals surface area (Å²) in [6.07, 6.45) is 1.77. The van der Waals surface area contributed by atoms with Gasteiger partial charge in [0, 0.05) is 0 Å². The summed E-state index contributed by atoms with van der Waals surface area (Å²) < 4.78 is 17.9. The average Bonchev–Trinajstić information content (AvgIpc) is 3.23. The minimum Gasteiger partial charge on any atom is -0.493 e. The maximum Gasteiger partial charge on any atom is 0.344 e. The van der Waals surface area contributed by atoms with Crippen LogP contribution in [0.3, 0.4) is 0 Å². The Morgan fingerprint density at radius 2 is 2.03 bits per heavy atom. The third kappa shape index (κ3) is 3.66. The van der Waals surface area contributed by atoms with Crippen molar-refractivity contribution in [3.63, 3.8) is 0 Å². The lowest BCUT2D eigenvalue weighted by Gasteiger charge is -2.10. The Balaban J connectivity index is 1.72. The van der Waals surface area contributed by atoms with Crippen molar-refractivity contribution >= 4 is 39.4 Å². The highest BCUT2D eigenvalue weighted by Crippen LogP contribution is 2.28. The first-order valence-electron chi connectivity index (χ1n) is 8.99. The van der Waals surface area contributed by atoms with E-state index in [9.17, 15) is 9.59 Å². The summed E-state index contributed by atoms with van der Waals surface area (Å²) in [4.78, 5) is 29.6. The molecule has 4 aromatic rings. The van der Waals surface area contributed by atoms with Crippen molar-refractivity contribution in [1.29, 1.82) is 0 Å². The number of aromatic nitrogens is 2. The number of hydrogen-bond acceptors (Lipinski definition) is 7. The zero-order valence-corrected chi connectivity index (χ0v) is 16.7. The van der Waals surface area contributed by atoms with Gasteiger partial charge >= 0.3 is 5.97 Å². The zero-order valence-electron chi connectivity index (χ0n) is 15.9. The van der Waals surface area contributed by atoms with Crippen LogP contribution in [0.25, 0.3) is 22.1 Å². The molecule has 2 aromatic heterocycles. The van der Waals surface area contributed by atoms with Gasteiger partial charge in [0.25, 0.3) is 5.56 Å². The number of nitrogens with zero attached hydrogens (tertiary/aromatic N) is 2. The molecule has 148 valence electrons. The smallest absolute Gasteiger partial charge is 0.344 e. The lowest BCUT2D eigenvalue weighted by atomic mass is 10.2. The van der Waals surface area contributed by atoms with Gasteiger partial charge in [-0.1, -0.05) is 29.5 Å². The molecule has 0 spiro atoms. The fourth-order valence-electron chi connectivity index (χ4n) is 3.00. The molecule has 2 aromatic carbocycles. The Labute approximate surface area is 169 Å². The Bertz CT molecular complexity index is 1310. The van der Waals surface area contributed by atoms with Gasteiger partial charge in [-0.15, -0.1) is 0 Å². The molecule has 0 radical (unpaired) electrons. The normalized spacial score (nSPS) is 11.9. The summed E-state index contributed by atoms with van der Waals surface area (Å²) >= 11 is 1.32. The van der Waals surface area contributed by atoms with Crippen molar-refractivity contribution in [3.05, 3.63) is 62.9 Å². The van der Waals surface area contributed by atoms with Crippen molar-refractivity contribution in [2.45, 2.75) is 6.92 Å². The number of fused-ring (bicyclic) bond motifs is 3. The highest BCUT2D eigenvalue weighted by Gasteiger charge is 2.12. The molecule has 8 heteroatoms. The summed E-state index contributed by atoms with van der Waals surface area (Å²) in [5.41, 5.74) is 2.21. The monoisotopic (exact) mass is 410 g/mol. The molecule has 2 heterocycles. The van der Waals surface area contributed by atoms with Gasteiger partial charge in [-0.3, -0.25) is 4.79 Å². The Morgan fingerprint density at radius 3 is 2.83 bits per heavy atom. The molecule has 0 aliphatic rings. The number of rotatable bonds is 6. The molecule has 0 N–H and O–H groups in total. The maximum absolute atomic E-state index is 12.9. The van der Waals surface area contributed by atoms with Gasteiger partial charge in [-0.25, -0.2) is 14.2 Å². The second-order valence-electron chi connectivity index (χ2n) is 6.14. The Kier molecular flexibility index (Phi) is 5.18. The number of benzene rings is 2. The Morgan fingerprint density at radius 1 is 1.21 bits per heavy atom. The van der Waals surface area contributed by atoms with Crippen LogP contribution in [0.2, 0.25) is 0 Å². The van der Waals surface area contributed by atoms with Gasteiger partial charge in [-0.05, 0) is 42.8 Å². The first-order chi connectivity index (χ1) is 14.1. The summed E-state index contributed by atoms with van der Waals surface area (Å²) in [5, 5.41) is 0. The van der Waals surface area contributed by atoms with E-state index >= 15 is 0 Å². The molecule has 29 heavy (non-hydrogen) atoms. The third-order valence-electron chi connectivity index (χ3n) is 4.28. The lowest BCUT2D eigenvalue weighted by molar-refractivity contribution is -0.145. The van der Waals surface area contributed by atoms with E-state index in [1.165, 1.54) is 18.4 Å². The number of esters is 1. The van der Waals surface area contributed by atoms with Crippen LogP contribution < -0.4 is 19.6 Å². The van der Waals surface area contributed by atoms with Gasteiger partial charge in [0.1, 0.15) is 0 Å². The fourth-order valence-corrected chi connectivity index (χ4v) is 3.99. The van der Waals surface area contributed by atoms with Crippen LogP contribution in [0.15, 0.2) is 47.3 Å². The van der Waals surface area contributed by atoms with E-state index < -0.39 is 5.97 Å². The van der Waals surface area contributed by atoms with Crippen LogP contribution in [-0.4, -0.2) is 35.7 Å². The number of hydrogen-bond donors (Lipinski definition) is 0. The van der Waals surface area contributed by atoms with Crippen molar-refractivity contribution in [2.75, 3.05) is 20.3 Å². The van der Waals surface area contributed by atoms with Crippen molar-refractivity contribution in [2.24, 2.45) is 0 Å². The van der Waals surface area contributed by atoms with Crippen molar-refractivity contribution in [3.8, 4) is 11.5 Å². The molecule has 0 unspecified atom stereocenters. The summed E-state index contributed by atoms with van der Waals surface area (Å²) in [5.74, 6) is 0.423. The number of ether oxygens (including phenoxy) is 3. The highest BCUT2D eigenvalue weighted by atomic mass is 32.1. The van der Waals surface area contributed by atoms with Gasteiger partial charge < -0.3 is 14.2 Å². The largest absolute Gasteiger partial charge is 0.493 e. The number of carbonyl (C=O) groups excluding carboxylic acids is 1. The zero-order chi connectivity index (χ0) is 20.4. The van der Waals surface area contributed by atoms with E-state index in [0.29, 0.717) is 21.0 Å². The average molecular weight is 410 g/mol. The first kappa shape index (κ1) is 18.9. The van der Waals surface area contributed by atoms with E-state index in [1.54, 1.807) is 29.5 Å². The van der Waals surface area contributed by atoms with Gasteiger partial charge in [0.05, 0.1) is 29.3 Å². The number of carbonyl (C=O) groups is 1. The predicted octanol–water partition coefficient (Wildman–Crippen LogP) is 2.41. The van der Waals surface area contributed by atoms with Crippen molar-refractivity contribution < 1.29 is 19.0 Å². The van der Waals surface area contributed by atoms with E-state index in [-0.39, 0.29) is 18.8 Å². The second-order valence-corrected chi connectivity index (χ2v) is 7.15. The fraction of sp³-hybridized carbons (Fsp3) is 0.190. The first-order valence-corrected chi connectivity index (χ1v) is 9.80. The molecular weight excluding hydrogens is 392 g/mol. The predicted molar refractivity (Wildman–Crippen MR) is 111 cm³/mol. The molecule has 7 nitrogen and oxygen atoms in total. The molecule has 0 aliphatic carbocycles. The maximum atomic E-state index is 12.9. The van der Waals surface area contributed by atoms with Crippen LogP contribution in [-0.2, 0) is 9.53 Å². The van der Waals surface area contributed by atoms with Crippen LogP contribution in [0.1, 0.15) is 12.5 Å². The molecule has 0 amide bonds. The third-order valence-corrected chi connectivity index (χ3v) is 5.25. The lowest BCUT2D eigenvalue weighted by Crippen LogP contribution is -2.22. The molecule has 0 aliphatic heterocycles. The van der Waals surface area contributed by atoms with E-state index in [0.717, 1.165) is 16.6 Å². The van der Waals surface area contributed by atoms with Crippen LogP contribution >= 0.6 is 11.3 Å². The molecule has 0 saturated heterocycles. The summed E-state index contributed by atoms with van der Waals surface area (Å²) in [6, 6.07) is 12.8. The minimum atomic E-state index is -0.461. The SMILES string of the molecule is CCOC(=O)COc1cc(C=c2sc3nc4ccccc4n3c2=O)ccc1OC. The van der Waals surface area contributed by atoms with E-state index in [2.05, 4.69) is 4.98 Å². The molecule has 0 fully saturated rings. The highest BCUT2D eigenvalue weighted by molar-refractivity contribution is 7.15. The van der Waals surface area contributed by atoms with E-state index in [4.69, 9.17) is 14.2 Å². The van der Waals surface area contributed by atoms with Gasteiger partial charge in [-0.2, -0.15) is 0 Å². The van der Waals surface area contributed by atoms with Crippen LogP contribution in [0.5, 0.6) is 11.5 Å². The molecule has 4 rings (SSSR count). The standard InChI is InChI=1S/C21H18N2O5S/c1-3-27-19(24)12-28-17-10-13(8-9-16(17)26-2)11-18-20(25)23-15-7-5-4-6-14(15)22-21(23)29-18/h4-11H,3,12H2,1-2H3. The van der Waals surface area contributed by atoms with Gasteiger partial charge in [0.2, 0.25) is 0 Å². The summed E-state index contributed by atoms with van der Waals surface area (Å²) in [6.45, 7) is 1.79. The molecule has 0 atom stereocenters. The van der Waals surface area contributed by atoms with E-state index in [1.807, 2.05) is 30.3 Å². The summed E-state index contributed by atoms with van der Waals surface area (Å²) in [7, 11) is 1.52. The Hall–Kier alpha value is -3.39. The number of methoxy groups -OCH3 is 1. The quantitative estimate of drug-likeness (QED) is 0.454. The molecular formula is C21H18N2O5S.